The molecule has 2 aromatic rings. The number of aromatic nitrogens is 1. The van der Waals surface area contributed by atoms with Crippen LogP contribution in [0.5, 0.6) is 0 Å². The number of pyridine rings is 1. The van der Waals surface area contributed by atoms with E-state index < -0.39 is 17.6 Å². The summed E-state index contributed by atoms with van der Waals surface area (Å²) in [6, 6.07) is 6.51. The largest absolute Gasteiger partial charge is 0.417 e. The number of carbonyl (C=O) groups is 1. The highest BCUT2D eigenvalue weighted by Gasteiger charge is 2.32. The first kappa shape index (κ1) is 21.3. The van der Waals surface area contributed by atoms with Gasteiger partial charge in [-0.3, -0.25) is 9.69 Å². The molecule has 0 bridgehead atoms. The van der Waals surface area contributed by atoms with Crippen LogP contribution in [0.25, 0.3) is 0 Å². The smallest absolute Gasteiger partial charge is 0.354 e. The number of nitrogens with zero attached hydrogens (tertiary/aromatic N) is 3. The number of amides is 1. The zero-order valence-corrected chi connectivity index (χ0v) is 16.1. The van der Waals surface area contributed by atoms with Crippen LogP contribution in [0, 0.1) is 5.82 Å². The maximum atomic E-state index is 13.2. The second-order valence-corrected chi connectivity index (χ2v) is 7.11. The van der Waals surface area contributed by atoms with Crippen molar-refractivity contribution in [2.24, 2.45) is 0 Å². The number of alkyl halides is 3. The molecule has 0 aliphatic carbocycles. The van der Waals surface area contributed by atoms with Crippen LogP contribution in [-0.2, 0) is 11.0 Å². The van der Waals surface area contributed by atoms with E-state index in [4.69, 9.17) is 11.6 Å². The Morgan fingerprint density at radius 2 is 1.97 bits per heavy atom. The minimum Gasteiger partial charge on any atom is -0.354 e. The van der Waals surface area contributed by atoms with E-state index in [2.05, 4.69) is 10.3 Å². The second kappa shape index (κ2) is 8.96. The lowest BCUT2D eigenvalue weighted by atomic mass is 10.2. The number of anilines is 2. The number of nitrogens with one attached hydrogen (secondary N) is 1. The molecule has 1 N–H and O–H groups in total. The van der Waals surface area contributed by atoms with Crippen molar-refractivity contribution in [2.45, 2.75) is 12.6 Å². The van der Waals surface area contributed by atoms with Crippen molar-refractivity contribution >= 4 is 29.0 Å². The SMILES string of the molecule is O=C(CN1CCCN(c2ncc(C(F)(F)F)cc2Cl)CC1)Nc1cccc(F)c1. The maximum absolute atomic E-state index is 13.2. The molecule has 1 fully saturated rings. The fraction of sp³-hybridized carbons (Fsp3) is 0.368. The van der Waals surface area contributed by atoms with Crippen molar-refractivity contribution in [3.8, 4) is 0 Å². The maximum Gasteiger partial charge on any atom is 0.417 e. The van der Waals surface area contributed by atoms with Gasteiger partial charge in [-0.2, -0.15) is 13.2 Å². The molecule has 156 valence electrons. The zero-order chi connectivity index (χ0) is 21.0. The van der Waals surface area contributed by atoms with Gasteiger partial charge in [0.15, 0.2) is 0 Å². The van der Waals surface area contributed by atoms with Gasteiger partial charge in [-0.15, -0.1) is 0 Å². The number of benzene rings is 1. The Bertz CT molecular complexity index is 878. The highest BCUT2D eigenvalue weighted by Crippen LogP contribution is 2.33. The van der Waals surface area contributed by atoms with Gasteiger partial charge < -0.3 is 10.2 Å². The van der Waals surface area contributed by atoms with Gasteiger partial charge in [0.2, 0.25) is 5.91 Å². The van der Waals surface area contributed by atoms with E-state index in [0.717, 1.165) is 12.3 Å². The van der Waals surface area contributed by atoms with Gasteiger partial charge in [0, 0.05) is 38.1 Å². The predicted octanol–water partition coefficient (Wildman–Crippen LogP) is 4.04. The van der Waals surface area contributed by atoms with Crippen LogP contribution in [0.2, 0.25) is 5.02 Å². The van der Waals surface area contributed by atoms with Crippen molar-refractivity contribution < 1.29 is 22.4 Å². The molecule has 5 nitrogen and oxygen atoms in total. The third-order valence-corrected chi connectivity index (χ3v) is 4.79. The molecule has 1 aliphatic rings. The number of halogens is 5. The highest BCUT2D eigenvalue weighted by atomic mass is 35.5. The summed E-state index contributed by atoms with van der Waals surface area (Å²) in [6.45, 7) is 2.28. The molecule has 2 heterocycles. The Balaban J connectivity index is 1.58. The van der Waals surface area contributed by atoms with Crippen LogP contribution < -0.4 is 10.2 Å². The lowest BCUT2D eigenvalue weighted by Crippen LogP contribution is -2.36. The quantitative estimate of drug-likeness (QED) is 0.744. The Hall–Kier alpha value is -2.39. The number of carbonyl (C=O) groups excluding carboxylic acids is 1. The second-order valence-electron chi connectivity index (χ2n) is 6.70. The topological polar surface area (TPSA) is 48.5 Å². The summed E-state index contributed by atoms with van der Waals surface area (Å²) in [5.41, 5.74) is -0.510. The van der Waals surface area contributed by atoms with E-state index in [0.29, 0.717) is 44.1 Å². The predicted molar refractivity (Wildman–Crippen MR) is 103 cm³/mol. The first-order valence-corrected chi connectivity index (χ1v) is 9.35. The lowest BCUT2D eigenvalue weighted by molar-refractivity contribution is -0.137. The standard InChI is InChI=1S/C19H19ClF4N4O/c20-16-9-13(19(22,23)24)11-25-18(16)28-6-2-5-27(7-8-28)12-17(29)26-15-4-1-3-14(21)10-15/h1,3-4,9-11H,2,5-8,12H2,(H,26,29). The van der Waals surface area contributed by atoms with Gasteiger partial charge in [-0.25, -0.2) is 9.37 Å². The molecule has 3 rings (SSSR count). The monoisotopic (exact) mass is 430 g/mol. The molecule has 1 aromatic carbocycles. The van der Waals surface area contributed by atoms with Crippen molar-refractivity contribution in [3.05, 3.63) is 52.9 Å². The van der Waals surface area contributed by atoms with Crippen LogP contribution in [0.15, 0.2) is 36.5 Å². The number of hydrogen-bond acceptors (Lipinski definition) is 4. The summed E-state index contributed by atoms with van der Waals surface area (Å²) in [7, 11) is 0. The highest BCUT2D eigenvalue weighted by molar-refractivity contribution is 6.33. The molecule has 1 saturated heterocycles. The molecule has 0 radical (unpaired) electrons. The van der Waals surface area contributed by atoms with E-state index in [9.17, 15) is 22.4 Å². The molecule has 0 spiro atoms. The Morgan fingerprint density at radius 3 is 2.66 bits per heavy atom. The van der Waals surface area contributed by atoms with Crippen molar-refractivity contribution in [1.82, 2.24) is 9.88 Å². The Morgan fingerprint density at radius 1 is 1.17 bits per heavy atom. The van der Waals surface area contributed by atoms with Gasteiger partial charge in [0.1, 0.15) is 11.6 Å². The van der Waals surface area contributed by atoms with Gasteiger partial charge >= 0.3 is 6.18 Å². The van der Waals surface area contributed by atoms with Crippen LogP contribution in [0.4, 0.5) is 29.1 Å². The Labute approximate surface area is 170 Å². The molecule has 10 heteroatoms. The molecule has 29 heavy (non-hydrogen) atoms. The first-order valence-electron chi connectivity index (χ1n) is 8.98. The van der Waals surface area contributed by atoms with Gasteiger partial charge in [0.05, 0.1) is 17.1 Å². The zero-order valence-electron chi connectivity index (χ0n) is 15.3. The van der Waals surface area contributed by atoms with E-state index in [1.807, 2.05) is 9.80 Å². The molecule has 1 amide bonds. The molecular weight excluding hydrogens is 412 g/mol. The summed E-state index contributed by atoms with van der Waals surface area (Å²) in [5.74, 6) is -0.408. The molecule has 0 unspecified atom stereocenters. The first-order chi connectivity index (χ1) is 13.7. The van der Waals surface area contributed by atoms with Gasteiger partial charge in [-0.1, -0.05) is 17.7 Å². The van der Waals surface area contributed by atoms with Crippen molar-refractivity contribution in [1.29, 1.82) is 0 Å². The normalized spacial score (nSPS) is 15.8. The number of hydrogen-bond donors (Lipinski definition) is 1. The van der Waals surface area contributed by atoms with Gasteiger partial charge in [-0.05, 0) is 30.7 Å². The average Bonchev–Trinajstić information content (AvgIpc) is 2.86. The van der Waals surface area contributed by atoms with E-state index in [1.165, 1.54) is 18.2 Å². The molecule has 0 saturated carbocycles. The summed E-state index contributed by atoms with van der Waals surface area (Å²) in [4.78, 5) is 19.8. The molecular formula is C19H19ClF4N4O. The van der Waals surface area contributed by atoms with Crippen LogP contribution >= 0.6 is 11.6 Å². The summed E-state index contributed by atoms with van der Waals surface area (Å²) >= 11 is 6.03. The summed E-state index contributed by atoms with van der Waals surface area (Å²) in [6.07, 6.45) is -3.04. The van der Waals surface area contributed by atoms with Crippen LogP contribution in [-0.4, -0.2) is 48.5 Å². The minimum atomic E-state index is -4.50. The van der Waals surface area contributed by atoms with Crippen LogP contribution in [0.1, 0.15) is 12.0 Å². The average molecular weight is 431 g/mol. The van der Waals surface area contributed by atoms with Crippen molar-refractivity contribution in [2.75, 3.05) is 42.9 Å². The van der Waals surface area contributed by atoms with Crippen molar-refractivity contribution in [3.63, 3.8) is 0 Å². The molecule has 1 aliphatic heterocycles. The Kier molecular flexibility index (Phi) is 6.59. The van der Waals surface area contributed by atoms with E-state index in [1.54, 1.807) is 6.07 Å². The molecule has 1 aromatic heterocycles. The molecule has 0 atom stereocenters. The summed E-state index contributed by atoms with van der Waals surface area (Å²) in [5, 5.41) is 2.59. The van der Waals surface area contributed by atoms with E-state index >= 15 is 0 Å². The third kappa shape index (κ3) is 5.80. The minimum absolute atomic E-state index is 0.0582. The third-order valence-electron chi connectivity index (χ3n) is 4.51. The number of rotatable bonds is 4. The van der Waals surface area contributed by atoms with Crippen LogP contribution in [0.3, 0.4) is 0 Å². The van der Waals surface area contributed by atoms with Gasteiger partial charge in [0.25, 0.3) is 0 Å². The fourth-order valence-electron chi connectivity index (χ4n) is 3.13. The van der Waals surface area contributed by atoms with E-state index in [-0.39, 0.29) is 17.5 Å². The fourth-order valence-corrected chi connectivity index (χ4v) is 3.41. The lowest BCUT2D eigenvalue weighted by Gasteiger charge is -2.23. The summed E-state index contributed by atoms with van der Waals surface area (Å²) < 4.78 is 51.6.